The lowest BCUT2D eigenvalue weighted by atomic mass is 10.0. The first-order chi connectivity index (χ1) is 7.41. The van der Waals surface area contributed by atoms with Crippen LogP contribution in [0.25, 0.3) is 0 Å². The van der Waals surface area contributed by atoms with Gasteiger partial charge in [0.05, 0.1) is 11.6 Å². The van der Waals surface area contributed by atoms with E-state index >= 15 is 0 Å². The van der Waals surface area contributed by atoms with E-state index < -0.39 is 17.7 Å². The Morgan fingerprint density at radius 3 is 2.62 bits per heavy atom. The van der Waals surface area contributed by atoms with Gasteiger partial charge in [-0.25, -0.2) is 4.39 Å². The van der Waals surface area contributed by atoms with Gasteiger partial charge in [-0.05, 0) is 32.0 Å². The summed E-state index contributed by atoms with van der Waals surface area (Å²) in [5, 5.41) is 11.6. The number of nitrogens with one attached hydrogen (secondary N) is 1. The SMILES string of the molecule is CC(Nc1ccc(Br)cc1F)C(C)C(=O)O. The molecule has 0 radical (unpaired) electrons. The van der Waals surface area contributed by atoms with Crippen LogP contribution in [0.4, 0.5) is 10.1 Å². The van der Waals surface area contributed by atoms with Crippen LogP contribution < -0.4 is 5.32 Å². The Kier molecular flexibility index (Phi) is 4.29. The summed E-state index contributed by atoms with van der Waals surface area (Å²) in [7, 11) is 0. The van der Waals surface area contributed by atoms with Gasteiger partial charge in [0.15, 0.2) is 0 Å². The van der Waals surface area contributed by atoms with Crippen molar-refractivity contribution < 1.29 is 14.3 Å². The summed E-state index contributed by atoms with van der Waals surface area (Å²) in [5.74, 6) is -1.89. The third kappa shape index (κ3) is 3.20. The molecule has 2 N–H and O–H groups in total. The Labute approximate surface area is 102 Å². The molecular formula is C11H13BrFNO2. The van der Waals surface area contributed by atoms with Crippen molar-refractivity contribution in [3.8, 4) is 0 Å². The first-order valence-electron chi connectivity index (χ1n) is 4.86. The molecule has 3 nitrogen and oxygen atoms in total. The van der Waals surface area contributed by atoms with Crippen LogP contribution in [0, 0.1) is 11.7 Å². The Balaban J connectivity index is 2.77. The predicted molar refractivity (Wildman–Crippen MR) is 64.0 cm³/mol. The number of carbonyl (C=O) groups is 1. The second kappa shape index (κ2) is 5.30. The van der Waals surface area contributed by atoms with E-state index in [1.54, 1.807) is 26.0 Å². The molecule has 0 saturated heterocycles. The van der Waals surface area contributed by atoms with Gasteiger partial charge in [-0.2, -0.15) is 0 Å². The molecule has 1 aromatic rings. The van der Waals surface area contributed by atoms with Crippen LogP contribution >= 0.6 is 15.9 Å². The lowest BCUT2D eigenvalue weighted by Crippen LogP contribution is -2.30. The van der Waals surface area contributed by atoms with Crippen molar-refractivity contribution in [3.05, 3.63) is 28.5 Å². The van der Waals surface area contributed by atoms with Gasteiger partial charge in [-0.15, -0.1) is 0 Å². The molecule has 0 aromatic heterocycles. The van der Waals surface area contributed by atoms with E-state index in [0.717, 1.165) is 0 Å². The number of carboxylic acid groups (broad SMARTS) is 1. The van der Waals surface area contributed by atoms with Crippen molar-refractivity contribution in [1.29, 1.82) is 0 Å². The monoisotopic (exact) mass is 289 g/mol. The third-order valence-electron chi connectivity index (χ3n) is 2.45. The molecule has 0 saturated carbocycles. The minimum atomic E-state index is -0.905. The lowest BCUT2D eigenvalue weighted by Gasteiger charge is -2.19. The van der Waals surface area contributed by atoms with Crippen LogP contribution in [0.1, 0.15) is 13.8 Å². The smallest absolute Gasteiger partial charge is 0.308 e. The van der Waals surface area contributed by atoms with E-state index in [9.17, 15) is 9.18 Å². The molecule has 0 bridgehead atoms. The minimum Gasteiger partial charge on any atom is -0.481 e. The third-order valence-corrected chi connectivity index (χ3v) is 2.95. The van der Waals surface area contributed by atoms with Crippen LogP contribution in [-0.2, 0) is 4.79 Å². The standard InChI is InChI=1S/C11H13BrFNO2/c1-6(11(15)16)7(2)14-10-4-3-8(12)5-9(10)13/h3-7,14H,1-2H3,(H,15,16). The highest BCUT2D eigenvalue weighted by molar-refractivity contribution is 9.10. The molecule has 0 heterocycles. The van der Waals surface area contributed by atoms with E-state index in [1.807, 2.05) is 0 Å². The zero-order valence-corrected chi connectivity index (χ0v) is 10.6. The molecule has 16 heavy (non-hydrogen) atoms. The van der Waals surface area contributed by atoms with Gasteiger partial charge in [0.2, 0.25) is 0 Å². The Morgan fingerprint density at radius 2 is 2.12 bits per heavy atom. The van der Waals surface area contributed by atoms with E-state index in [2.05, 4.69) is 21.2 Å². The molecule has 5 heteroatoms. The molecule has 0 aliphatic rings. The molecule has 1 rings (SSSR count). The van der Waals surface area contributed by atoms with Crippen molar-refractivity contribution in [2.75, 3.05) is 5.32 Å². The van der Waals surface area contributed by atoms with E-state index in [-0.39, 0.29) is 6.04 Å². The molecule has 88 valence electrons. The fourth-order valence-corrected chi connectivity index (χ4v) is 1.52. The number of hydrogen-bond donors (Lipinski definition) is 2. The van der Waals surface area contributed by atoms with E-state index in [4.69, 9.17) is 5.11 Å². The van der Waals surface area contributed by atoms with Crippen molar-refractivity contribution in [2.24, 2.45) is 5.92 Å². The normalized spacial score (nSPS) is 14.2. The van der Waals surface area contributed by atoms with Crippen molar-refractivity contribution in [2.45, 2.75) is 19.9 Å². The Bertz CT molecular complexity index is 398. The van der Waals surface area contributed by atoms with Crippen molar-refractivity contribution in [3.63, 3.8) is 0 Å². The zero-order valence-electron chi connectivity index (χ0n) is 9.00. The highest BCUT2D eigenvalue weighted by atomic mass is 79.9. The van der Waals surface area contributed by atoms with Crippen molar-refractivity contribution in [1.82, 2.24) is 0 Å². The average Bonchev–Trinajstić information content (AvgIpc) is 2.20. The second-order valence-electron chi connectivity index (χ2n) is 3.68. The lowest BCUT2D eigenvalue weighted by molar-refractivity contribution is -0.141. The molecule has 1 aromatic carbocycles. The summed E-state index contributed by atoms with van der Waals surface area (Å²) in [5.41, 5.74) is 0.309. The number of aliphatic carboxylic acids is 1. The van der Waals surface area contributed by atoms with Crippen molar-refractivity contribution >= 4 is 27.6 Å². The Morgan fingerprint density at radius 1 is 1.50 bits per heavy atom. The summed E-state index contributed by atoms with van der Waals surface area (Å²) >= 11 is 3.15. The maximum Gasteiger partial charge on any atom is 0.308 e. The van der Waals surface area contributed by atoms with Gasteiger partial charge in [-0.3, -0.25) is 4.79 Å². The molecule has 0 aliphatic carbocycles. The highest BCUT2D eigenvalue weighted by Gasteiger charge is 2.19. The fourth-order valence-electron chi connectivity index (χ4n) is 1.19. The summed E-state index contributed by atoms with van der Waals surface area (Å²) in [4.78, 5) is 10.7. The number of anilines is 1. The number of hydrogen-bond acceptors (Lipinski definition) is 2. The summed E-state index contributed by atoms with van der Waals surface area (Å²) in [6.07, 6.45) is 0. The van der Waals surface area contributed by atoms with E-state index in [1.165, 1.54) is 6.07 Å². The summed E-state index contributed by atoms with van der Waals surface area (Å²) < 4.78 is 14.1. The van der Waals surface area contributed by atoms with Crippen LogP contribution in [0.5, 0.6) is 0 Å². The van der Waals surface area contributed by atoms with Crippen LogP contribution in [-0.4, -0.2) is 17.1 Å². The van der Waals surface area contributed by atoms with Crippen LogP contribution in [0.3, 0.4) is 0 Å². The van der Waals surface area contributed by atoms with Gasteiger partial charge < -0.3 is 10.4 Å². The van der Waals surface area contributed by atoms with E-state index in [0.29, 0.717) is 10.2 Å². The van der Waals surface area contributed by atoms with Gasteiger partial charge in [0, 0.05) is 10.5 Å². The number of rotatable bonds is 4. The maximum absolute atomic E-state index is 13.4. The fraction of sp³-hybridized carbons (Fsp3) is 0.364. The van der Waals surface area contributed by atoms with Gasteiger partial charge >= 0.3 is 5.97 Å². The first-order valence-corrected chi connectivity index (χ1v) is 5.65. The maximum atomic E-state index is 13.4. The quantitative estimate of drug-likeness (QED) is 0.895. The average molecular weight is 290 g/mol. The predicted octanol–water partition coefficient (Wildman–Crippen LogP) is 3.11. The first kappa shape index (κ1) is 13.0. The van der Waals surface area contributed by atoms with Crippen LogP contribution in [0.2, 0.25) is 0 Å². The second-order valence-corrected chi connectivity index (χ2v) is 4.60. The molecule has 2 atom stereocenters. The van der Waals surface area contributed by atoms with Crippen LogP contribution in [0.15, 0.2) is 22.7 Å². The number of carboxylic acids is 1. The minimum absolute atomic E-state index is 0.309. The number of benzene rings is 1. The zero-order chi connectivity index (χ0) is 12.3. The van der Waals surface area contributed by atoms with Gasteiger partial charge in [-0.1, -0.05) is 15.9 Å². The largest absolute Gasteiger partial charge is 0.481 e. The molecule has 0 aliphatic heterocycles. The molecule has 0 spiro atoms. The molecule has 0 amide bonds. The van der Waals surface area contributed by atoms with Gasteiger partial charge in [0.25, 0.3) is 0 Å². The summed E-state index contributed by atoms with van der Waals surface area (Å²) in [6.45, 7) is 3.29. The summed E-state index contributed by atoms with van der Waals surface area (Å²) in [6, 6.07) is 4.27. The molecular weight excluding hydrogens is 277 g/mol. The topological polar surface area (TPSA) is 49.3 Å². The molecule has 2 unspecified atom stereocenters. The van der Waals surface area contributed by atoms with Gasteiger partial charge in [0.1, 0.15) is 5.82 Å². The number of halogens is 2. The highest BCUT2D eigenvalue weighted by Crippen LogP contribution is 2.21. The Hall–Kier alpha value is -1.10. The molecule has 0 fully saturated rings.